The van der Waals surface area contributed by atoms with Gasteiger partial charge in [-0.25, -0.2) is 4.39 Å². The van der Waals surface area contributed by atoms with E-state index in [1.54, 1.807) is 12.3 Å². The third-order valence-corrected chi connectivity index (χ3v) is 3.56. The highest BCUT2D eigenvalue weighted by molar-refractivity contribution is 9.10. The first-order chi connectivity index (χ1) is 8.58. The van der Waals surface area contributed by atoms with Crippen LogP contribution in [0.2, 0.25) is 0 Å². The number of hydrogen-bond donors (Lipinski definition) is 1. The second-order valence-corrected chi connectivity index (χ2v) is 5.11. The van der Waals surface area contributed by atoms with E-state index in [1.807, 2.05) is 19.1 Å². The van der Waals surface area contributed by atoms with Crippen molar-refractivity contribution < 1.29 is 4.39 Å². The zero-order valence-electron chi connectivity index (χ0n) is 10.0. The molecule has 1 aromatic heterocycles. The van der Waals surface area contributed by atoms with Crippen LogP contribution in [0.3, 0.4) is 0 Å². The van der Waals surface area contributed by atoms with Gasteiger partial charge in [0, 0.05) is 10.7 Å². The SMILES string of the molecule is Cc1ccc(F)cc1CC(N)c1ncccc1Br. The molecule has 1 aromatic carbocycles. The number of benzene rings is 1. The first kappa shape index (κ1) is 13.2. The summed E-state index contributed by atoms with van der Waals surface area (Å²) in [5, 5.41) is 0. The van der Waals surface area contributed by atoms with Gasteiger partial charge in [-0.3, -0.25) is 4.98 Å². The highest BCUT2D eigenvalue weighted by Crippen LogP contribution is 2.23. The van der Waals surface area contributed by atoms with Crippen LogP contribution in [0, 0.1) is 12.7 Å². The summed E-state index contributed by atoms with van der Waals surface area (Å²) < 4.78 is 14.1. The van der Waals surface area contributed by atoms with Gasteiger partial charge in [-0.2, -0.15) is 0 Å². The van der Waals surface area contributed by atoms with Gasteiger partial charge in [0.25, 0.3) is 0 Å². The van der Waals surface area contributed by atoms with E-state index in [0.717, 1.165) is 21.3 Å². The lowest BCUT2D eigenvalue weighted by Gasteiger charge is -2.14. The van der Waals surface area contributed by atoms with Gasteiger partial charge >= 0.3 is 0 Å². The van der Waals surface area contributed by atoms with Crippen molar-refractivity contribution in [2.45, 2.75) is 19.4 Å². The van der Waals surface area contributed by atoms with Crippen molar-refractivity contribution in [3.63, 3.8) is 0 Å². The third kappa shape index (κ3) is 2.94. The Kier molecular flexibility index (Phi) is 4.09. The Balaban J connectivity index is 2.24. The van der Waals surface area contributed by atoms with Crippen LogP contribution in [-0.4, -0.2) is 4.98 Å². The molecule has 2 N–H and O–H groups in total. The quantitative estimate of drug-likeness (QED) is 0.942. The summed E-state index contributed by atoms with van der Waals surface area (Å²) in [4.78, 5) is 4.26. The Morgan fingerprint density at radius 3 is 2.89 bits per heavy atom. The number of hydrogen-bond acceptors (Lipinski definition) is 2. The van der Waals surface area contributed by atoms with E-state index in [0.29, 0.717) is 6.42 Å². The maximum absolute atomic E-state index is 13.2. The van der Waals surface area contributed by atoms with Crippen LogP contribution in [0.25, 0.3) is 0 Å². The summed E-state index contributed by atoms with van der Waals surface area (Å²) in [6.45, 7) is 1.95. The van der Waals surface area contributed by atoms with E-state index in [1.165, 1.54) is 12.1 Å². The molecule has 0 saturated carbocycles. The monoisotopic (exact) mass is 308 g/mol. The number of nitrogens with two attached hydrogens (primary N) is 1. The lowest BCUT2D eigenvalue weighted by Crippen LogP contribution is -2.16. The van der Waals surface area contributed by atoms with Crippen molar-refractivity contribution in [1.29, 1.82) is 0 Å². The molecular formula is C14H14BrFN2. The largest absolute Gasteiger partial charge is 0.322 e. The third-order valence-electron chi connectivity index (χ3n) is 2.89. The average molecular weight is 309 g/mol. The Morgan fingerprint density at radius 2 is 2.17 bits per heavy atom. The van der Waals surface area contributed by atoms with Gasteiger partial charge in [0.2, 0.25) is 0 Å². The molecular weight excluding hydrogens is 295 g/mol. The average Bonchev–Trinajstić information content (AvgIpc) is 2.34. The van der Waals surface area contributed by atoms with Crippen LogP contribution in [0.1, 0.15) is 22.9 Å². The fraction of sp³-hybridized carbons (Fsp3) is 0.214. The maximum Gasteiger partial charge on any atom is 0.123 e. The summed E-state index contributed by atoms with van der Waals surface area (Å²) >= 11 is 3.43. The number of pyridine rings is 1. The first-order valence-electron chi connectivity index (χ1n) is 5.69. The van der Waals surface area contributed by atoms with E-state index in [4.69, 9.17) is 5.73 Å². The van der Waals surface area contributed by atoms with E-state index in [2.05, 4.69) is 20.9 Å². The molecule has 0 aliphatic rings. The minimum atomic E-state index is -0.249. The molecule has 2 rings (SSSR count). The van der Waals surface area contributed by atoms with Crippen LogP contribution in [0.15, 0.2) is 41.0 Å². The Bertz CT molecular complexity index is 557. The smallest absolute Gasteiger partial charge is 0.123 e. The van der Waals surface area contributed by atoms with Crippen LogP contribution in [0.4, 0.5) is 4.39 Å². The number of rotatable bonds is 3. The second kappa shape index (κ2) is 5.59. The summed E-state index contributed by atoms with van der Waals surface area (Å²) in [6, 6.07) is 8.26. The second-order valence-electron chi connectivity index (χ2n) is 4.25. The van der Waals surface area contributed by atoms with Crippen molar-refractivity contribution in [1.82, 2.24) is 4.98 Å². The predicted octanol–water partition coefficient (Wildman–Crippen LogP) is 3.53. The van der Waals surface area contributed by atoms with E-state index in [-0.39, 0.29) is 11.9 Å². The van der Waals surface area contributed by atoms with Gasteiger partial charge in [0.05, 0.1) is 11.7 Å². The highest BCUT2D eigenvalue weighted by atomic mass is 79.9. The van der Waals surface area contributed by atoms with E-state index < -0.39 is 0 Å². The van der Waals surface area contributed by atoms with Gasteiger partial charge in [-0.15, -0.1) is 0 Å². The van der Waals surface area contributed by atoms with Gasteiger partial charge in [0.1, 0.15) is 5.82 Å². The molecule has 0 aliphatic carbocycles. The van der Waals surface area contributed by atoms with Gasteiger partial charge < -0.3 is 5.73 Å². The molecule has 4 heteroatoms. The molecule has 94 valence electrons. The van der Waals surface area contributed by atoms with Crippen molar-refractivity contribution >= 4 is 15.9 Å². The lowest BCUT2D eigenvalue weighted by molar-refractivity contribution is 0.619. The molecule has 2 aromatic rings. The summed E-state index contributed by atoms with van der Waals surface area (Å²) in [6.07, 6.45) is 2.28. The minimum Gasteiger partial charge on any atom is -0.322 e. The van der Waals surface area contributed by atoms with Crippen LogP contribution in [0.5, 0.6) is 0 Å². The normalized spacial score (nSPS) is 12.4. The van der Waals surface area contributed by atoms with Crippen molar-refractivity contribution in [3.8, 4) is 0 Å². The van der Waals surface area contributed by atoms with Gasteiger partial charge in [-0.1, -0.05) is 6.07 Å². The molecule has 1 heterocycles. The fourth-order valence-electron chi connectivity index (χ4n) is 1.86. The lowest BCUT2D eigenvalue weighted by atomic mass is 9.99. The number of aromatic nitrogens is 1. The standard InChI is InChI=1S/C14H14BrFN2/c1-9-4-5-11(16)7-10(9)8-13(17)14-12(15)3-2-6-18-14/h2-7,13H,8,17H2,1H3. The number of halogens is 2. The Hall–Kier alpha value is -1.26. The highest BCUT2D eigenvalue weighted by Gasteiger charge is 2.13. The van der Waals surface area contributed by atoms with E-state index >= 15 is 0 Å². The van der Waals surface area contributed by atoms with Crippen LogP contribution in [-0.2, 0) is 6.42 Å². The molecule has 1 unspecified atom stereocenters. The molecule has 0 amide bonds. The Morgan fingerprint density at radius 1 is 1.39 bits per heavy atom. The summed E-state index contributed by atoms with van der Waals surface area (Å²) in [5.74, 6) is -0.233. The van der Waals surface area contributed by atoms with Crippen LogP contribution >= 0.6 is 15.9 Å². The predicted molar refractivity (Wildman–Crippen MR) is 73.7 cm³/mol. The first-order valence-corrected chi connectivity index (χ1v) is 6.48. The zero-order chi connectivity index (χ0) is 13.1. The van der Waals surface area contributed by atoms with E-state index in [9.17, 15) is 4.39 Å². The molecule has 0 bridgehead atoms. The molecule has 0 spiro atoms. The molecule has 0 fully saturated rings. The summed E-state index contributed by atoms with van der Waals surface area (Å²) in [7, 11) is 0. The molecule has 18 heavy (non-hydrogen) atoms. The fourth-order valence-corrected chi connectivity index (χ4v) is 2.41. The van der Waals surface area contributed by atoms with Crippen molar-refractivity contribution in [2.75, 3.05) is 0 Å². The summed E-state index contributed by atoms with van der Waals surface area (Å²) in [5.41, 5.74) is 8.88. The molecule has 0 saturated heterocycles. The maximum atomic E-state index is 13.2. The number of nitrogens with zero attached hydrogens (tertiary/aromatic N) is 1. The molecule has 2 nitrogen and oxygen atoms in total. The van der Waals surface area contributed by atoms with Gasteiger partial charge in [0.15, 0.2) is 0 Å². The Labute approximate surface area is 114 Å². The zero-order valence-corrected chi connectivity index (χ0v) is 11.6. The molecule has 1 atom stereocenters. The molecule has 0 radical (unpaired) electrons. The molecule has 0 aliphatic heterocycles. The topological polar surface area (TPSA) is 38.9 Å². The number of aryl methyl sites for hydroxylation is 1. The van der Waals surface area contributed by atoms with Gasteiger partial charge in [-0.05, 0) is 64.7 Å². The minimum absolute atomic E-state index is 0.233. The van der Waals surface area contributed by atoms with Crippen molar-refractivity contribution in [3.05, 3.63) is 63.6 Å². The van der Waals surface area contributed by atoms with Crippen LogP contribution < -0.4 is 5.73 Å². The van der Waals surface area contributed by atoms with Crippen molar-refractivity contribution in [2.24, 2.45) is 5.73 Å².